The van der Waals surface area contributed by atoms with Crippen molar-refractivity contribution in [1.82, 2.24) is 10.2 Å². The summed E-state index contributed by atoms with van der Waals surface area (Å²) in [6, 6.07) is 14.0. The van der Waals surface area contributed by atoms with Gasteiger partial charge in [0, 0.05) is 29.4 Å². The molecule has 0 bridgehead atoms. The van der Waals surface area contributed by atoms with Crippen LogP contribution in [0.1, 0.15) is 65.0 Å². The highest BCUT2D eigenvalue weighted by molar-refractivity contribution is 6.05. The molecule has 9 heteroatoms. The van der Waals surface area contributed by atoms with E-state index in [1.165, 1.54) is 30.1 Å². The molecular formula is C27H28N4O5. The Kier molecular flexibility index (Phi) is 6.97. The van der Waals surface area contributed by atoms with Crippen molar-refractivity contribution in [3.63, 3.8) is 0 Å². The number of rotatable bonds is 7. The topological polar surface area (TPSA) is 106 Å². The molecule has 5 rings (SSSR count). The number of carbonyl (C=O) groups is 2. The molecule has 1 aromatic heterocycles. The van der Waals surface area contributed by atoms with Crippen LogP contribution in [0.15, 0.2) is 64.4 Å². The quantitative estimate of drug-likeness (QED) is 0.507. The largest absolute Gasteiger partial charge is 0.493 e. The lowest BCUT2D eigenvalue weighted by molar-refractivity contribution is 0.0751. The molecule has 9 nitrogen and oxygen atoms in total. The van der Waals surface area contributed by atoms with Crippen LogP contribution >= 0.6 is 0 Å². The van der Waals surface area contributed by atoms with Gasteiger partial charge in [0.25, 0.3) is 11.8 Å². The minimum atomic E-state index is -0.439. The number of hydrogen-bond acceptors (Lipinski definition) is 7. The number of amides is 2. The smallest absolute Gasteiger partial charge is 0.294 e. The van der Waals surface area contributed by atoms with Gasteiger partial charge in [0.2, 0.25) is 5.76 Å². The second-order valence-corrected chi connectivity index (χ2v) is 8.88. The molecule has 1 aliphatic carbocycles. The van der Waals surface area contributed by atoms with Gasteiger partial charge in [-0.2, -0.15) is 5.10 Å². The van der Waals surface area contributed by atoms with Gasteiger partial charge in [-0.05, 0) is 74.9 Å². The molecule has 0 spiro atoms. The lowest BCUT2D eigenvalue weighted by atomic mass is 10.0. The van der Waals surface area contributed by atoms with E-state index in [1.807, 2.05) is 18.2 Å². The van der Waals surface area contributed by atoms with Crippen LogP contribution < -0.4 is 14.8 Å². The van der Waals surface area contributed by atoms with Crippen LogP contribution in [0.25, 0.3) is 0 Å². The first kappa shape index (κ1) is 23.6. The van der Waals surface area contributed by atoms with Gasteiger partial charge in [0.05, 0.1) is 25.1 Å². The van der Waals surface area contributed by atoms with Crippen molar-refractivity contribution in [3.05, 3.63) is 71.6 Å². The molecule has 3 aromatic rings. The summed E-state index contributed by atoms with van der Waals surface area (Å²) in [7, 11) is 1.64. The average molecular weight is 489 g/mol. The first-order valence-corrected chi connectivity index (χ1v) is 12.2. The normalized spacial score (nSPS) is 15.9. The molecule has 0 radical (unpaired) electrons. The first-order chi connectivity index (χ1) is 17.6. The average Bonchev–Trinajstić information content (AvgIpc) is 3.63. The van der Waals surface area contributed by atoms with Crippen LogP contribution in [0.4, 0.5) is 5.69 Å². The molecule has 1 saturated carbocycles. The summed E-state index contributed by atoms with van der Waals surface area (Å²) in [5.41, 5.74) is 2.64. The molecular weight excluding hydrogens is 460 g/mol. The molecule has 1 fully saturated rings. The van der Waals surface area contributed by atoms with E-state index in [0.717, 1.165) is 37.0 Å². The number of carbonyl (C=O) groups excluding carboxylic acids is 2. The lowest BCUT2D eigenvalue weighted by Crippen LogP contribution is -2.32. The van der Waals surface area contributed by atoms with Crippen molar-refractivity contribution in [1.29, 1.82) is 0 Å². The molecule has 186 valence electrons. The van der Waals surface area contributed by atoms with Crippen molar-refractivity contribution in [2.75, 3.05) is 19.0 Å². The summed E-state index contributed by atoms with van der Waals surface area (Å²) in [6.45, 7) is 0.512. The molecule has 0 unspecified atom stereocenters. The summed E-state index contributed by atoms with van der Waals surface area (Å²) in [6.07, 6.45) is 7.61. The second-order valence-electron chi connectivity index (χ2n) is 8.88. The SMILES string of the molecule is COc1ccc(C2=NN(C(=O)c3cccc(NC(=O)c4ccno4)c3)CCC2)cc1OC1CCCC1. The fourth-order valence-corrected chi connectivity index (χ4v) is 4.53. The molecule has 36 heavy (non-hydrogen) atoms. The molecule has 2 aliphatic rings. The predicted octanol–water partition coefficient (Wildman–Crippen LogP) is 4.90. The van der Waals surface area contributed by atoms with Gasteiger partial charge in [-0.25, -0.2) is 5.01 Å². The molecule has 2 amide bonds. The third-order valence-electron chi connectivity index (χ3n) is 6.38. The van der Waals surface area contributed by atoms with E-state index < -0.39 is 5.91 Å². The van der Waals surface area contributed by atoms with Gasteiger partial charge in [-0.1, -0.05) is 11.2 Å². The van der Waals surface area contributed by atoms with Gasteiger partial charge < -0.3 is 19.3 Å². The van der Waals surface area contributed by atoms with Gasteiger partial charge in [0.15, 0.2) is 11.5 Å². The van der Waals surface area contributed by atoms with Crippen LogP contribution in [-0.4, -0.2) is 47.5 Å². The first-order valence-electron chi connectivity index (χ1n) is 12.2. The zero-order valence-electron chi connectivity index (χ0n) is 20.1. The number of benzene rings is 2. The van der Waals surface area contributed by atoms with Crippen molar-refractivity contribution in [2.24, 2.45) is 5.10 Å². The summed E-state index contributed by atoms with van der Waals surface area (Å²) in [5, 5.41) is 12.4. The highest BCUT2D eigenvalue weighted by Crippen LogP contribution is 2.33. The summed E-state index contributed by atoms with van der Waals surface area (Å²) in [5.74, 6) is 0.819. The lowest BCUT2D eigenvalue weighted by Gasteiger charge is -2.24. The number of hydrogen-bond donors (Lipinski definition) is 1. The Labute approximate surface area is 209 Å². The van der Waals surface area contributed by atoms with Crippen LogP contribution in [0.2, 0.25) is 0 Å². The van der Waals surface area contributed by atoms with Crippen molar-refractivity contribution < 1.29 is 23.6 Å². The zero-order valence-corrected chi connectivity index (χ0v) is 20.1. The molecule has 1 aliphatic heterocycles. The Balaban J connectivity index is 1.33. The molecule has 2 heterocycles. The summed E-state index contributed by atoms with van der Waals surface area (Å²) < 4.78 is 16.6. The van der Waals surface area contributed by atoms with E-state index >= 15 is 0 Å². The maximum absolute atomic E-state index is 13.3. The maximum atomic E-state index is 13.3. The zero-order chi connectivity index (χ0) is 24.9. The third-order valence-corrected chi connectivity index (χ3v) is 6.38. The molecule has 1 N–H and O–H groups in total. The Morgan fingerprint density at radius 2 is 1.92 bits per heavy atom. The van der Waals surface area contributed by atoms with Crippen molar-refractivity contribution >= 4 is 23.2 Å². The van der Waals surface area contributed by atoms with E-state index in [9.17, 15) is 9.59 Å². The minimum absolute atomic E-state index is 0.0905. The number of methoxy groups -OCH3 is 1. The number of hydrazone groups is 1. The number of anilines is 1. The summed E-state index contributed by atoms with van der Waals surface area (Å²) in [4.78, 5) is 25.5. The van der Waals surface area contributed by atoms with Gasteiger partial charge in [-0.3, -0.25) is 9.59 Å². The van der Waals surface area contributed by atoms with E-state index in [1.54, 1.807) is 31.4 Å². The van der Waals surface area contributed by atoms with E-state index in [2.05, 4.69) is 15.6 Å². The van der Waals surface area contributed by atoms with E-state index in [-0.39, 0.29) is 17.8 Å². The monoisotopic (exact) mass is 488 g/mol. The molecule has 0 atom stereocenters. The third kappa shape index (κ3) is 5.25. The number of ether oxygens (including phenoxy) is 2. The number of nitrogens with zero attached hydrogens (tertiary/aromatic N) is 3. The Morgan fingerprint density at radius 1 is 1.06 bits per heavy atom. The fourth-order valence-electron chi connectivity index (χ4n) is 4.53. The van der Waals surface area contributed by atoms with E-state index in [4.69, 9.17) is 14.0 Å². The minimum Gasteiger partial charge on any atom is -0.493 e. The molecule has 2 aromatic carbocycles. The predicted molar refractivity (Wildman–Crippen MR) is 134 cm³/mol. The van der Waals surface area contributed by atoms with Crippen LogP contribution in [0, 0.1) is 0 Å². The van der Waals surface area contributed by atoms with Crippen LogP contribution in [-0.2, 0) is 0 Å². The fraction of sp³-hybridized carbons (Fsp3) is 0.333. The highest BCUT2D eigenvalue weighted by Gasteiger charge is 2.23. The summed E-state index contributed by atoms with van der Waals surface area (Å²) >= 11 is 0. The number of nitrogens with one attached hydrogen (secondary N) is 1. The van der Waals surface area contributed by atoms with E-state index in [0.29, 0.717) is 29.3 Å². The number of aromatic nitrogens is 1. The van der Waals surface area contributed by atoms with Gasteiger partial charge in [-0.15, -0.1) is 0 Å². The standard InChI is InChI=1S/C27H28N4O5/c1-34-23-12-11-18(17-25(23)35-21-8-2-3-9-21)22-10-5-15-31(30-22)27(33)19-6-4-7-20(16-19)29-26(32)24-13-14-28-36-24/h4,6-7,11-14,16-17,21H,2-3,5,8-10,15H2,1H3,(H,29,32). The van der Waals surface area contributed by atoms with Gasteiger partial charge >= 0.3 is 0 Å². The Morgan fingerprint density at radius 3 is 2.69 bits per heavy atom. The molecule has 0 saturated heterocycles. The highest BCUT2D eigenvalue weighted by atomic mass is 16.5. The van der Waals surface area contributed by atoms with Crippen LogP contribution in [0.3, 0.4) is 0 Å². The van der Waals surface area contributed by atoms with Crippen LogP contribution in [0.5, 0.6) is 11.5 Å². The maximum Gasteiger partial charge on any atom is 0.294 e. The van der Waals surface area contributed by atoms with Gasteiger partial charge in [0.1, 0.15) is 0 Å². The Hall–Kier alpha value is -4.14. The van der Waals surface area contributed by atoms with Crippen molar-refractivity contribution in [3.8, 4) is 11.5 Å². The Bertz CT molecular complexity index is 1260. The second kappa shape index (κ2) is 10.6. The van der Waals surface area contributed by atoms with Crippen molar-refractivity contribution in [2.45, 2.75) is 44.6 Å².